The standard InChI is InChI=1S/C19H27NS/c1-14(2)16-7-5-6-15(10-12-16)11-13-18-17-8-3-4-9-19(17)21-20-18/h3-4,8-9,14-16H,5-7,10-13H2,1-2H3. The van der Waals surface area contributed by atoms with E-state index in [4.69, 9.17) is 0 Å². The van der Waals surface area contributed by atoms with Crippen molar-refractivity contribution in [1.29, 1.82) is 0 Å². The van der Waals surface area contributed by atoms with Crippen LogP contribution in [0.25, 0.3) is 10.1 Å². The van der Waals surface area contributed by atoms with Crippen LogP contribution >= 0.6 is 11.5 Å². The maximum Gasteiger partial charge on any atom is 0.0620 e. The summed E-state index contributed by atoms with van der Waals surface area (Å²) in [5, 5.41) is 1.39. The van der Waals surface area contributed by atoms with Crippen LogP contribution in [-0.4, -0.2) is 4.37 Å². The predicted molar refractivity (Wildman–Crippen MR) is 92.8 cm³/mol. The van der Waals surface area contributed by atoms with Gasteiger partial charge in [-0.1, -0.05) is 57.7 Å². The van der Waals surface area contributed by atoms with E-state index >= 15 is 0 Å². The first-order chi connectivity index (χ1) is 10.2. The molecule has 0 N–H and O–H groups in total. The molecule has 1 fully saturated rings. The molecule has 2 unspecified atom stereocenters. The van der Waals surface area contributed by atoms with Gasteiger partial charge < -0.3 is 0 Å². The summed E-state index contributed by atoms with van der Waals surface area (Å²) < 4.78 is 6.03. The van der Waals surface area contributed by atoms with E-state index in [1.54, 1.807) is 11.5 Å². The predicted octanol–water partition coefficient (Wildman–Crippen LogP) is 6.08. The van der Waals surface area contributed by atoms with Crippen LogP contribution in [0, 0.1) is 17.8 Å². The van der Waals surface area contributed by atoms with E-state index in [9.17, 15) is 0 Å². The van der Waals surface area contributed by atoms with E-state index in [0.717, 1.165) is 17.8 Å². The highest BCUT2D eigenvalue weighted by molar-refractivity contribution is 7.13. The number of hydrogen-bond donors (Lipinski definition) is 0. The molecule has 0 saturated heterocycles. The molecule has 0 bridgehead atoms. The summed E-state index contributed by atoms with van der Waals surface area (Å²) in [6.45, 7) is 4.79. The second-order valence-electron chi connectivity index (χ2n) is 7.04. The van der Waals surface area contributed by atoms with Gasteiger partial charge in [0.1, 0.15) is 0 Å². The minimum atomic E-state index is 0.867. The minimum absolute atomic E-state index is 0.867. The molecule has 2 heteroatoms. The Morgan fingerprint density at radius 1 is 1.14 bits per heavy atom. The van der Waals surface area contributed by atoms with Crippen LogP contribution < -0.4 is 0 Å². The van der Waals surface area contributed by atoms with Gasteiger partial charge in [-0.2, -0.15) is 4.37 Å². The zero-order valence-corrected chi connectivity index (χ0v) is 14.2. The van der Waals surface area contributed by atoms with E-state index < -0.39 is 0 Å². The Morgan fingerprint density at radius 2 is 2.00 bits per heavy atom. The van der Waals surface area contributed by atoms with E-state index in [1.165, 1.54) is 60.7 Å². The SMILES string of the molecule is CC(C)C1CCCC(CCc2nsc3ccccc23)CC1. The Kier molecular flexibility index (Phi) is 4.95. The van der Waals surface area contributed by atoms with Gasteiger partial charge in [0.25, 0.3) is 0 Å². The summed E-state index contributed by atoms with van der Waals surface area (Å²) in [5.41, 5.74) is 1.33. The molecule has 2 atom stereocenters. The van der Waals surface area contributed by atoms with Crippen molar-refractivity contribution < 1.29 is 0 Å². The first-order valence-corrected chi connectivity index (χ1v) is 9.34. The Labute approximate surface area is 132 Å². The fraction of sp³-hybridized carbons (Fsp3) is 0.632. The van der Waals surface area contributed by atoms with Crippen molar-refractivity contribution in [2.75, 3.05) is 0 Å². The maximum absolute atomic E-state index is 4.69. The molecule has 1 heterocycles. The Hall–Kier alpha value is -0.890. The summed E-state index contributed by atoms with van der Waals surface area (Å²) in [6.07, 6.45) is 9.70. The van der Waals surface area contributed by atoms with Gasteiger partial charge in [-0.15, -0.1) is 0 Å². The summed E-state index contributed by atoms with van der Waals surface area (Å²) in [5.74, 6) is 2.76. The fourth-order valence-corrected chi connectivity index (χ4v) is 4.64. The van der Waals surface area contributed by atoms with Crippen LogP contribution in [0.3, 0.4) is 0 Å². The average Bonchev–Trinajstić information content (AvgIpc) is 2.74. The molecule has 1 aliphatic rings. The molecule has 0 aliphatic heterocycles. The fourth-order valence-electron chi connectivity index (χ4n) is 3.82. The van der Waals surface area contributed by atoms with Crippen molar-refractivity contribution >= 4 is 21.6 Å². The molecule has 1 saturated carbocycles. The third-order valence-electron chi connectivity index (χ3n) is 5.32. The average molecular weight is 301 g/mol. The Balaban J connectivity index is 1.58. The number of nitrogens with zero attached hydrogens (tertiary/aromatic N) is 1. The molecule has 0 spiro atoms. The quantitative estimate of drug-likeness (QED) is 0.623. The minimum Gasteiger partial charge on any atom is -0.196 e. The first kappa shape index (κ1) is 15.0. The monoisotopic (exact) mass is 301 g/mol. The molecule has 1 aromatic carbocycles. The molecule has 1 aliphatic carbocycles. The van der Waals surface area contributed by atoms with Crippen molar-refractivity contribution in [3.63, 3.8) is 0 Å². The summed E-state index contributed by atoms with van der Waals surface area (Å²) in [4.78, 5) is 0. The lowest BCUT2D eigenvalue weighted by Gasteiger charge is -2.18. The van der Waals surface area contributed by atoms with Gasteiger partial charge >= 0.3 is 0 Å². The lowest BCUT2D eigenvalue weighted by Crippen LogP contribution is -2.07. The largest absolute Gasteiger partial charge is 0.196 e. The molecular formula is C19H27NS. The topological polar surface area (TPSA) is 12.9 Å². The van der Waals surface area contributed by atoms with Crippen LogP contribution in [0.5, 0.6) is 0 Å². The normalized spacial score (nSPS) is 23.6. The van der Waals surface area contributed by atoms with E-state index in [0.29, 0.717) is 0 Å². The van der Waals surface area contributed by atoms with E-state index in [1.807, 2.05) is 0 Å². The third kappa shape index (κ3) is 3.66. The third-order valence-corrected chi connectivity index (χ3v) is 6.18. The maximum atomic E-state index is 4.69. The Bertz CT molecular complexity index is 572. The molecular weight excluding hydrogens is 274 g/mol. The number of aromatic nitrogens is 1. The highest BCUT2D eigenvalue weighted by Crippen LogP contribution is 2.34. The van der Waals surface area contributed by atoms with Gasteiger partial charge in [0.05, 0.1) is 10.4 Å². The lowest BCUT2D eigenvalue weighted by molar-refractivity contribution is 0.333. The van der Waals surface area contributed by atoms with Gasteiger partial charge in [-0.3, -0.25) is 0 Å². The summed E-state index contributed by atoms with van der Waals surface area (Å²) in [6, 6.07) is 8.67. The van der Waals surface area contributed by atoms with Crippen molar-refractivity contribution in [2.24, 2.45) is 17.8 Å². The van der Waals surface area contributed by atoms with Gasteiger partial charge in [0, 0.05) is 5.39 Å². The number of benzene rings is 1. The van der Waals surface area contributed by atoms with Crippen LogP contribution in [0.4, 0.5) is 0 Å². The lowest BCUT2D eigenvalue weighted by atomic mass is 9.88. The number of rotatable bonds is 4. The summed E-state index contributed by atoms with van der Waals surface area (Å²) in [7, 11) is 0. The van der Waals surface area contributed by atoms with Gasteiger partial charge in [-0.25, -0.2) is 0 Å². The van der Waals surface area contributed by atoms with Crippen molar-refractivity contribution in [2.45, 2.75) is 58.8 Å². The Morgan fingerprint density at radius 3 is 2.86 bits per heavy atom. The van der Waals surface area contributed by atoms with Crippen molar-refractivity contribution in [3.8, 4) is 0 Å². The van der Waals surface area contributed by atoms with Crippen LogP contribution in [0.1, 0.15) is 58.1 Å². The number of fused-ring (bicyclic) bond motifs is 1. The van der Waals surface area contributed by atoms with Gasteiger partial charge in [0.15, 0.2) is 0 Å². The molecule has 21 heavy (non-hydrogen) atoms. The van der Waals surface area contributed by atoms with Gasteiger partial charge in [0.2, 0.25) is 0 Å². The first-order valence-electron chi connectivity index (χ1n) is 8.57. The summed E-state index contributed by atoms with van der Waals surface area (Å²) >= 11 is 1.66. The molecule has 2 aromatic rings. The zero-order valence-electron chi connectivity index (χ0n) is 13.3. The molecule has 0 amide bonds. The van der Waals surface area contributed by atoms with Crippen molar-refractivity contribution in [1.82, 2.24) is 4.37 Å². The second kappa shape index (κ2) is 6.91. The number of hydrogen-bond acceptors (Lipinski definition) is 2. The van der Waals surface area contributed by atoms with Crippen LogP contribution in [0.15, 0.2) is 24.3 Å². The van der Waals surface area contributed by atoms with E-state index in [2.05, 4.69) is 42.5 Å². The molecule has 3 rings (SSSR count). The zero-order chi connectivity index (χ0) is 14.7. The van der Waals surface area contributed by atoms with Crippen LogP contribution in [-0.2, 0) is 6.42 Å². The molecule has 1 aromatic heterocycles. The smallest absolute Gasteiger partial charge is 0.0620 e. The molecule has 114 valence electrons. The van der Waals surface area contributed by atoms with Gasteiger partial charge in [-0.05, 0) is 54.6 Å². The molecule has 0 radical (unpaired) electrons. The highest BCUT2D eigenvalue weighted by atomic mass is 32.1. The second-order valence-corrected chi connectivity index (χ2v) is 7.85. The van der Waals surface area contributed by atoms with Crippen LogP contribution in [0.2, 0.25) is 0 Å². The highest BCUT2D eigenvalue weighted by Gasteiger charge is 2.21. The van der Waals surface area contributed by atoms with Crippen molar-refractivity contribution in [3.05, 3.63) is 30.0 Å². The van der Waals surface area contributed by atoms with E-state index in [-0.39, 0.29) is 0 Å². The number of aryl methyl sites for hydroxylation is 1. The molecule has 1 nitrogen and oxygen atoms in total.